The minimum Gasteiger partial charge on any atom is -0.389 e. The Kier molecular flexibility index (Phi) is 5.17. The Morgan fingerprint density at radius 3 is 2.57 bits per heavy atom. The van der Waals surface area contributed by atoms with Crippen LogP contribution in [-0.4, -0.2) is 22.6 Å². The van der Waals surface area contributed by atoms with E-state index < -0.39 is 6.10 Å². The highest BCUT2D eigenvalue weighted by Crippen LogP contribution is 2.35. The number of aliphatic hydroxyl groups is 1. The summed E-state index contributed by atoms with van der Waals surface area (Å²) in [4.78, 5) is 13.2. The second kappa shape index (κ2) is 6.89. The van der Waals surface area contributed by atoms with Gasteiger partial charge in [0.05, 0.1) is 11.0 Å². The molecule has 0 spiro atoms. The summed E-state index contributed by atoms with van der Waals surface area (Å²) in [5, 5.41) is 21.0. The third-order valence-corrected chi connectivity index (χ3v) is 4.34. The molecule has 1 aliphatic rings. The topological polar surface area (TPSA) is 66.6 Å². The van der Waals surface area contributed by atoms with Crippen molar-refractivity contribution in [3.05, 3.63) is 33.9 Å². The van der Waals surface area contributed by atoms with Crippen molar-refractivity contribution in [1.82, 2.24) is 0 Å². The summed E-state index contributed by atoms with van der Waals surface area (Å²) in [5.41, 5.74) is 1.37. The molecule has 0 unspecified atom stereocenters. The van der Waals surface area contributed by atoms with E-state index in [4.69, 9.17) is 0 Å². The summed E-state index contributed by atoms with van der Waals surface area (Å²) in [7, 11) is 0. The molecule has 0 aliphatic heterocycles. The third-order valence-electron chi connectivity index (χ3n) is 4.34. The molecule has 1 N–H and O–H groups in total. The number of hydrogen-bond donors (Lipinski definition) is 1. The largest absolute Gasteiger partial charge is 0.389 e. The van der Waals surface area contributed by atoms with E-state index in [0.29, 0.717) is 17.3 Å². The molecule has 116 valence electrons. The maximum atomic E-state index is 11.4. The molecule has 1 aromatic rings. The molecule has 5 heteroatoms. The Morgan fingerprint density at radius 2 is 2.05 bits per heavy atom. The van der Waals surface area contributed by atoms with Crippen molar-refractivity contribution in [1.29, 1.82) is 0 Å². The first-order chi connectivity index (χ1) is 10.0. The van der Waals surface area contributed by atoms with Crippen molar-refractivity contribution in [3.63, 3.8) is 0 Å². The van der Waals surface area contributed by atoms with Crippen molar-refractivity contribution in [2.75, 3.05) is 11.4 Å². The molecule has 21 heavy (non-hydrogen) atoms. The average molecular weight is 292 g/mol. The molecule has 0 aromatic heterocycles. The van der Waals surface area contributed by atoms with Gasteiger partial charge in [0, 0.05) is 18.7 Å². The van der Waals surface area contributed by atoms with Gasteiger partial charge in [0.1, 0.15) is 5.69 Å². The van der Waals surface area contributed by atoms with Gasteiger partial charge in [-0.05, 0) is 38.3 Å². The van der Waals surface area contributed by atoms with Crippen LogP contribution in [0.2, 0.25) is 0 Å². The Hall–Kier alpha value is -1.62. The van der Waals surface area contributed by atoms with E-state index in [1.807, 2.05) is 6.92 Å². The van der Waals surface area contributed by atoms with Crippen LogP contribution in [0.4, 0.5) is 11.4 Å². The van der Waals surface area contributed by atoms with Crippen LogP contribution in [0.3, 0.4) is 0 Å². The molecule has 0 heterocycles. The van der Waals surface area contributed by atoms with Gasteiger partial charge in [-0.25, -0.2) is 0 Å². The molecular weight excluding hydrogens is 268 g/mol. The Balaban J connectivity index is 2.37. The highest BCUT2D eigenvalue weighted by molar-refractivity contribution is 5.65. The lowest BCUT2D eigenvalue weighted by Crippen LogP contribution is -2.37. The normalized spacial score (nSPS) is 17.5. The summed E-state index contributed by atoms with van der Waals surface area (Å²) in [6.45, 7) is 4.43. The molecule has 1 fully saturated rings. The molecule has 0 radical (unpaired) electrons. The van der Waals surface area contributed by atoms with Gasteiger partial charge in [0.2, 0.25) is 0 Å². The van der Waals surface area contributed by atoms with Gasteiger partial charge in [-0.1, -0.05) is 25.3 Å². The number of nitro groups is 1. The lowest BCUT2D eigenvalue weighted by Gasteiger charge is -2.35. The van der Waals surface area contributed by atoms with E-state index >= 15 is 0 Å². The van der Waals surface area contributed by atoms with Crippen molar-refractivity contribution < 1.29 is 10.0 Å². The number of nitrogens with zero attached hydrogens (tertiary/aromatic N) is 2. The zero-order valence-electron chi connectivity index (χ0n) is 12.8. The summed E-state index contributed by atoms with van der Waals surface area (Å²) in [6.07, 6.45) is 5.16. The Labute approximate surface area is 125 Å². The molecule has 5 nitrogen and oxygen atoms in total. The van der Waals surface area contributed by atoms with E-state index in [-0.39, 0.29) is 10.6 Å². The zero-order chi connectivity index (χ0) is 15.4. The van der Waals surface area contributed by atoms with Gasteiger partial charge in [-0.15, -0.1) is 0 Å². The highest BCUT2D eigenvalue weighted by atomic mass is 16.6. The van der Waals surface area contributed by atoms with Crippen LogP contribution in [-0.2, 0) is 0 Å². The smallest absolute Gasteiger partial charge is 0.292 e. The lowest BCUT2D eigenvalue weighted by atomic mass is 9.93. The number of rotatable bonds is 5. The fraction of sp³-hybridized carbons (Fsp3) is 0.625. The van der Waals surface area contributed by atoms with E-state index in [1.165, 1.54) is 25.3 Å². The van der Waals surface area contributed by atoms with Gasteiger partial charge in [0.15, 0.2) is 0 Å². The number of anilines is 1. The first-order valence-corrected chi connectivity index (χ1v) is 7.77. The predicted molar refractivity (Wildman–Crippen MR) is 83.6 cm³/mol. The standard InChI is InChI=1S/C16H24N2O3/c1-3-17(14-7-5-4-6-8-14)15-10-9-13(12(2)19)11-16(15)18(20)21/h9-12,14,19H,3-8H2,1-2H3/t12-/m1/s1. The van der Waals surface area contributed by atoms with Crippen LogP contribution < -0.4 is 4.90 Å². The molecule has 0 amide bonds. The highest BCUT2D eigenvalue weighted by Gasteiger charge is 2.26. The molecule has 0 bridgehead atoms. The maximum Gasteiger partial charge on any atom is 0.292 e. The zero-order valence-corrected chi connectivity index (χ0v) is 12.8. The number of hydrogen-bond acceptors (Lipinski definition) is 4. The quantitative estimate of drug-likeness (QED) is 0.662. The molecular formula is C16H24N2O3. The van der Waals surface area contributed by atoms with E-state index in [0.717, 1.165) is 19.4 Å². The fourth-order valence-corrected chi connectivity index (χ4v) is 3.21. The van der Waals surface area contributed by atoms with E-state index in [2.05, 4.69) is 4.90 Å². The first-order valence-electron chi connectivity index (χ1n) is 7.77. The van der Waals surface area contributed by atoms with E-state index in [1.54, 1.807) is 19.1 Å². The summed E-state index contributed by atoms with van der Waals surface area (Å²) in [5.74, 6) is 0. The molecule has 1 aromatic carbocycles. The number of nitro benzene ring substituents is 1. The molecule has 0 saturated heterocycles. The van der Waals surface area contributed by atoms with Gasteiger partial charge in [0.25, 0.3) is 5.69 Å². The predicted octanol–water partition coefficient (Wildman–Crippen LogP) is 3.81. The lowest BCUT2D eigenvalue weighted by molar-refractivity contribution is -0.384. The summed E-state index contributed by atoms with van der Waals surface area (Å²) >= 11 is 0. The van der Waals surface area contributed by atoms with Crippen LogP contribution in [0, 0.1) is 10.1 Å². The summed E-state index contributed by atoms with van der Waals surface area (Å²) < 4.78 is 0. The Morgan fingerprint density at radius 1 is 1.38 bits per heavy atom. The van der Waals surface area contributed by atoms with Gasteiger partial charge >= 0.3 is 0 Å². The van der Waals surface area contributed by atoms with Gasteiger partial charge < -0.3 is 10.0 Å². The SMILES string of the molecule is CCN(c1ccc([C@@H](C)O)cc1[N+](=O)[O-])C1CCCCC1. The van der Waals surface area contributed by atoms with Crippen LogP contribution >= 0.6 is 0 Å². The van der Waals surface area contributed by atoms with Crippen molar-refractivity contribution in [3.8, 4) is 0 Å². The van der Waals surface area contributed by atoms with E-state index in [9.17, 15) is 15.2 Å². The van der Waals surface area contributed by atoms with Gasteiger partial charge in [-0.2, -0.15) is 0 Å². The molecule has 1 saturated carbocycles. The Bertz CT molecular complexity index is 496. The second-order valence-corrected chi connectivity index (χ2v) is 5.76. The van der Waals surface area contributed by atoms with Crippen molar-refractivity contribution >= 4 is 11.4 Å². The molecule has 1 aliphatic carbocycles. The third kappa shape index (κ3) is 3.53. The first kappa shape index (κ1) is 15.8. The minimum atomic E-state index is -0.692. The average Bonchev–Trinajstić information content (AvgIpc) is 2.49. The number of aliphatic hydroxyl groups excluding tert-OH is 1. The monoisotopic (exact) mass is 292 g/mol. The number of benzene rings is 1. The maximum absolute atomic E-state index is 11.4. The van der Waals surface area contributed by atoms with Crippen molar-refractivity contribution in [2.24, 2.45) is 0 Å². The fourth-order valence-electron chi connectivity index (χ4n) is 3.21. The van der Waals surface area contributed by atoms with Crippen LogP contribution in [0.15, 0.2) is 18.2 Å². The molecule has 2 rings (SSSR count). The van der Waals surface area contributed by atoms with Crippen LogP contribution in [0.1, 0.15) is 57.6 Å². The van der Waals surface area contributed by atoms with Crippen molar-refractivity contribution in [2.45, 2.75) is 58.1 Å². The van der Waals surface area contributed by atoms with Gasteiger partial charge in [-0.3, -0.25) is 10.1 Å². The minimum absolute atomic E-state index is 0.0980. The van der Waals surface area contributed by atoms with Crippen LogP contribution in [0.25, 0.3) is 0 Å². The molecule has 1 atom stereocenters. The summed E-state index contributed by atoms with van der Waals surface area (Å²) in [6, 6.07) is 5.47. The second-order valence-electron chi connectivity index (χ2n) is 5.76. The van der Waals surface area contributed by atoms with Crippen LogP contribution in [0.5, 0.6) is 0 Å².